The summed E-state index contributed by atoms with van der Waals surface area (Å²) in [6.45, 7) is 6.75. The zero-order valence-corrected chi connectivity index (χ0v) is 59.6. The van der Waals surface area contributed by atoms with Gasteiger partial charge < -0.3 is 28.5 Å². The van der Waals surface area contributed by atoms with E-state index in [1.54, 1.807) is 0 Å². The number of carbonyl (C=O) groups is 2. The summed E-state index contributed by atoms with van der Waals surface area (Å²) in [4.78, 5) is 40.2. The lowest BCUT2D eigenvalue weighted by Crippen LogP contribution is -2.47. The lowest BCUT2D eigenvalue weighted by molar-refractivity contribution is -0.870. The molecule has 0 aliphatic carbocycles. The summed E-state index contributed by atoms with van der Waals surface area (Å²) >= 11 is 0. The Labute approximate surface area is 546 Å². The van der Waals surface area contributed by atoms with E-state index in [1.807, 2.05) is 33.3 Å². The maximum atomic E-state index is 13.6. The minimum atomic E-state index is -4.71. The van der Waals surface area contributed by atoms with Crippen LogP contribution in [0.4, 0.5) is 0 Å². The van der Waals surface area contributed by atoms with Crippen LogP contribution in [0.1, 0.15) is 348 Å². The molecule has 512 valence electrons. The number of allylic oxidation sites excluding steroid dienone is 13. The Morgan fingerprint density at radius 3 is 1.10 bits per heavy atom. The number of unbranched alkanes of at least 4 members (excludes halogenated alkanes) is 40. The van der Waals surface area contributed by atoms with Gasteiger partial charge in [0.25, 0.3) is 7.82 Å². The third-order valence-electron chi connectivity index (χ3n) is 16.6. The third kappa shape index (κ3) is 67.6. The molecule has 0 rings (SSSR count). The van der Waals surface area contributed by atoms with Crippen LogP contribution in [-0.2, 0) is 27.9 Å². The first kappa shape index (κ1) is 85.2. The summed E-state index contributed by atoms with van der Waals surface area (Å²) in [5.41, 5.74) is 0. The number of phosphoric ester groups is 1. The highest BCUT2D eigenvalue weighted by atomic mass is 31.2. The summed E-state index contributed by atoms with van der Waals surface area (Å²) in [5.74, 6) is -0.544. The van der Waals surface area contributed by atoms with Gasteiger partial charge in [0.1, 0.15) is 19.3 Å². The highest BCUT2D eigenvalue weighted by molar-refractivity contribution is 7.45. The Kier molecular flexibility index (Phi) is 64.9. The molecule has 3 unspecified atom stereocenters. The maximum absolute atomic E-state index is 13.6. The van der Waals surface area contributed by atoms with Crippen LogP contribution in [0.5, 0.6) is 0 Å². The van der Waals surface area contributed by atoms with E-state index in [-0.39, 0.29) is 24.9 Å². The number of ether oxygens (including phenoxy) is 1. The Morgan fingerprint density at radius 1 is 0.409 bits per heavy atom. The molecule has 0 aromatic carbocycles. The summed E-state index contributed by atoms with van der Waals surface area (Å²) in [6.07, 6.45) is 90.0. The fourth-order valence-electron chi connectivity index (χ4n) is 10.8. The molecule has 0 fully saturated rings. The van der Waals surface area contributed by atoms with Gasteiger partial charge in [0.05, 0.1) is 33.8 Å². The smallest absolute Gasteiger partial charge is 0.306 e. The average Bonchev–Trinajstić information content (AvgIpc) is 3.53. The van der Waals surface area contributed by atoms with Gasteiger partial charge in [-0.15, -0.1) is 0 Å². The molecule has 88 heavy (non-hydrogen) atoms. The molecule has 0 aliphatic heterocycles. The number of amides is 1. The number of phosphoric acid groups is 1. The lowest BCUT2D eigenvalue weighted by Gasteiger charge is -2.30. The molecule has 0 saturated heterocycles. The second kappa shape index (κ2) is 67.1. The van der Waals surface area contributed by atoms with Crippen LogP contribution in [0.3, 0.4) is 0 Å². The standard InChI is InChI=1S/C78H143N2O7P/c1-7-10-13-16-19-22-25-28-30-32-34-36-38-39-40-41-43-45-47-49-51-53-56-59-62-65-68-71-78(82)87-76(69-66-63-60-57-54-27-24-21-18-15-12-9-3)75(74-86-88(83,84)85-73-72-80(4,5)6)79-77(81)70-67-64-61-58-55-52-50-48-46-44-42-37-35-33-31-29-26-23-20-17-14-11-8-2/h11,14,20,23,28-31,35,37,44,46,66,69,75-76H,7-10,12-13,15-19,21-22,24-27,32-34,36,38-43,45,47-65,67-68,70-74H2,1-6H3,(H-,79,81,83,84)/b14-11-,23-20-,30-28+,31-29-,37-35-,46-44-,69-66+. The topological polar surface area (TPSA) is 114 Å². The van der Waals surface area contributed by atoms with Gasteiger partial charge in [-0.1, -0.05) is 318 Å². The first-order valence-corrected chi connectivity index (χ1v) is 38.9. The second-order valence-electron chi connectivity index (χ2n) is 26.4. The second-order valence-corrected chi connectivity index (χ2v) is 27.8. The van der Waals surface area contributed by atoms with Crippen LogP contribution in [0, 0.1) is 0 Å². The number of carbonyl (C=O) groups excluding carboxylic acids is 2. The SMILES string of the molecule is CC/C=C\C/C=C\C/C=C\C/C=C\C/C=C\CCCCCCCCCC(=O)NC(COP(=O)([O-])OCC[N+](C)(C)C)C(/C=C/CCCCCCCCCCCC)OC(=O)CCCCCCCCCCCCCCCCCCC/C=C/CCCCCCCC. The molecule has 0 heterocycles. The Hall–Kier alpha value is -2.81. The monoisotopic (exact) mass is 1250 g/mol. The van der Waals surface area contributed by atoms with Crippen LogP contribution in [-0.4, -0.2) is 69.4 Å². The van der Waals surface area contributed by atoms with Crippen molar-refractivity contribution >= 4 is 19.7 Å². The van der Waals surface area contributed by atoms with E-state index in [0.717, 1.165) is 103 Å². The van der Waals surface area contributed by atoms with E-state index in [1.165, 1.54) is 212 Å². The van der Waals surface area contributed by atoms with Crippen LogP contribution < -0.4 is 10.2 Å². The number of hydrogen-bond donors (Lipinski definition) is 1. The van der Waals surface area contributed by atoms with E-state index < -0.39 is 26.6 Å². The zero-order valence-electron chi connectivity index (χ0n) is 58.7. The Balaban J connectivity index is 5.00. The van der Waals surface area contributed by atoms with Crippen molar-refractivity contribution in [3.63, 3.8) is 0 Å². The highest BCUT2D eigenvalue weighted by Gasteiger charge is 2.27. The molecule has 0 spiro atoms. The predicted molar refractivity (Wildman–Crippen MR) is 381 cm³/mol. The minimum absolute atomic E-state index is 0.0265. The van der Waals surface area contributed by atoms with Crippen molar-refractivity contribution in [2.75, 3.05) is 40.9 Å². The number of hydrogen-bond acceptors (Lipinski definition) is 7. The van der Waals surface area contributed by atoms with Crippen molar-refractivity contribution in [1.29, 1.82) is 0 Å². The van der Waals surface area contributed by atoms with E-state index >= 15 is 0 Å². The first-order chi connectivity index (χ1) is 42.9. The van der Waals surface area contributed by atoms with Crippen molar-refractivity contribution in [2.24, 2.45) is 0 Å². The normalized spacial score (nSPS) is 13.9. The first-order valence-electron chi connectivity index (χ1n) is 37.4. The number of esters is 1. The minimum Gasteiger partial charge on any atom is -0.756 e. The van der Waals surface area contributed by atoms with Crippen molar-refractivity contribution in [2.45, 2.75) is 360 Å². The molecular weight excluding hydrogens is 1110 g/mol. The Morgan fingerprint density at radius 2 is 0.727 bits per heavy atom. The summed E-state index contributed by atoms with van der Waals surface area (Å²) in [5, 5.41) is 3.04. The number of rotatable bonds is 68. The summed E-state index contributed by atoms with van der Waals surface area (Å²) < 4.78 is 30.5. The van der Waals surface area contributed by atoms with Crippen LogP contribution in [0.25, 0.3) is 0 Å². The predicted octanol–water partition coefficient (Wildman–Crippen LogP) is 23.4. The van der Waals surface area contributed by atoms with Crippen LogP contribution >= 0.6 is 7.82 Å². The van der Waals surface area contributed by atoms with Gasteiger partial charge >= 0.3 is 5.97 Å². The largest absolute Gasteiger partial charge is 0.756 e. The fourth-order valence-corrected chi connectivity index (χ4v) is 11.6. The van der Waals surface area contributed by atoms with Crippen LogP contribution in [0.15, 0.2) is 85.1 Å². The van der Waals surface area contributed by atoms with Crippen LogP contribution in [0.2, 0.25) is 0 Å². The third-order valence-corrected chi connectivity index (χ3v) is 17.5. The summed E-state index contributed by atoms with van der Waals surface area (Å²) in [7, 11) is 1.18. The van der Waals surface area contributed by atoms with Gasteiger partial charge in [-0.05, 0) is 102 Å². The van der Waals surface area contributed by atoms with Crippen molar-refractivity contribution in [3.05, 3.63) is 85.1 Å². The molecule has 1 N–H and O–H groups in total. The zero-order chi connectivity index (χ0) is 64.2. The molecule has 3 atom stereocenters. The van der Waals surface area contributed by atoms with Gasteiger partial charge in [-0.2, -0.15) is 0 Å². The molecule has 9 nitrogen and oxygen atoms in total. The van der Waals surface area contributed by atoms with E-state index in [0.29, 0.717) is 17.4 Å². The van der Waals surface area contributed by atoms with E-state index in [9.17, 15) is 19.0 Å². The van der Waals surface area contributed by atoms with Gasteiger partial charge in [-0.3, -0.25) is 14.2 Å². The Bertz CT molecular complexity index is 1780. The van der Waals surface area contributed by atoms with Crippen molar-refractivity contribution in [3.8, 4) is 0 Å². The highest BCUT2D eigenvalue weighted by Crippen LogP contribution is 2.38. The van der Waals surface area contributed by atoms with E-state index in [4.69, 9.17) is 13.8 Å². The van der Waals surface area contributed by atoms with Gasteiger partial charge in [0.2, 0.25) is 5.91 Å². The van der Waals surface area contributed by atoms with E-state index in [2.05, 4.69) is 99.0 Å². The number of nitrogens with one attached hydrogen (secondary N) is 1. The van der Waals surface area contributed by atoms with Gasteiger partial charge in [0.15, 0.2) is 0 Å². The number of nitrogens with zero attached hydrogens (tertiary/aromatic N) is 1. The molecule has 0 saturated carbocycles. The maximum Gasteiger partial charge on any atom is 0.306 e. The van der Waals surface area contributed by atoms with Crippen molar-refractivity contribution < 1.29 is 37.3 Å². The lowest BCUT2D eigenvalue weighted by atomic mass is 10.0. The molecule has 0 aliphatic rings. The average molecular weight is 1250 g/mol. The summed E-state index contributed by atoms with van der Waals surface area (Å²) in [6, 6.07) is -0.898. The molecule has 1 amide bonds. The fraction of sp³-hybridized carbons (Fsp3) is 0.795. The van der Waals surface area contributed by atoms with Gasteiger partial charge in [0, 0.05) is 12.8 Å². The molecular formula is C78H143N2O7P. The molecule has 0 aromatic heterocycles. The molecule has 10 heteroatoms. The molecule has 0 aromatic rings. The number of likely N-dealkylation sites (N-methyl/N-ethyl adjacent to an activating group) is 1. The quantitative estimate of drug-likeness (QED) is 0.0212. The van der Waals surface area contributed by atoms with Crippen molar-refractivity contribution in [1.82, 2.24) is 5.32 Å². The molecule has 0 radical (unpaired) electrons. The number of quaternary nitrogens is 1. The van der Waals surface area contributed by atoms with Gasteiger partial charge in [-0.25, -0.2) is 0 Å². The molecule has 0 bridgehead atoms.